The summed E-state index contributed by atoms with van der Waals surface area (Å²) in [7, 11) is 1.60. The molecule has 1 N–H and O–H groups in total. The third-order valence-corrected chi connectivity index (χ3v) is 1.67. The molecule has 0 bridgehead atoms. The van der Waals surface area contributed by atoms with Gasteiger partial charge >= 0.3 is 0 Å². The van der Waals surface area contributed by atoms with E-state index < -0.39 is 0 Å². The Morgan fingerprint density at radius 1 is 1.57 bits per heavy atom. The number of rotatable bonds is 3. The molecule has 0 aliphatic heterocycles. The van der Waals surface area contributed by atoms with Gasteiger partial charge in [-0.15, -0.1) is 0 Å². The number of H-pyrrole nitrogens is 1. The van der Waals surface area contributed by atoms with E-state index in [0.29, 0.717) is 23.9 Å². The highest BCUT2D eigenvalue weighted by Gasteiger charge is 2.09. The summed E-state index contributed by atoms with van der Waals surface area (Å²) in [5.74, 6) is 1.93. The minimum atomic E-state index is 0.407. The molecular weight excluding hydrogens is 184 g/mol. The van der Waals surface area contributed by atoms with E-state index in [2.05, 4.69) is 20.3 Å². The van der Waals surface area contributed by atoms with Gasteiger partial charge in [0.25, 0.3) is 0 Å². The van der Waals surface area contributed by atoms with Gasteiger partial charge in [0.1, 0.15) is 12.4 Å². The van der Waals surface area contributed by atoms with Crippen molar-refractivity contribution < 1.29 is 9.26 Å². The van der Waals surface area contributed by atoms with E-state index in [4.69, 9.17) is 9.26 Å². The first-order valence-corrected chi connectivity index (χ1v) is 4.13. The smallest absolute Gasteiger partial charge is 0.203 e. The zero-order chi connectivity index (χ0) is 9.97. The van der Waals surface area contributed by atoms with Gasteiger partial charge in [-0.05, 0) is 6.92 Å². The van der Waals surface area contributed by atoms with Crippen molar-refractivity contribution in [3.63, 3.8) is 0 Å². The highest BCUT2D eigenvalue weighted by molar-refractivity contribution is 5.47. The van der Waals surface area contributed by atoms with Gasteiger partial charge in [-0.2, -0.15) is 5.10 Å². The van der Waals surface area contributed by atoms with Crippen LogP contribution in [0.4, 0.5) is 0 Å². The second-order valence-electron chi connectivity index (χ2n) is 2.86. The number of ether oxygens (including phenoxy) is 1. The highest BCUT2D eigenvalue weighted by atomic mass is 16.5. The van der Waals surface area contributed by atoms with Crippen LogP contribution in [0.3, 0.4) is 0 Å². The monoisotopic (exact) mass is 194 g/mol. The van der Waals surface area contributed by atoms with Crippen LogP contribution in [-0.2, 0) is 11.3 Å². The van der Waals surface area contributed by atoms with Crippen LogP contribution in [0, 0.1) is 6.92 Å². The number of nitrogens with zero attached hydrogens (tertiary/aromatic N) is 3. The summed E-state index contributed by atoms with van der Waals surface area (Å²) >= 11 is 0. The number of nitrogens with one attached hydrogen (secondary N) is 1. The zero-order valence-corrected chi connectivity index (χ0v) is 7.94. The van der Waals surface area contributed by atoms with Crippen LogP contribution in [0.2, 0.25) is 0 Å². The van der Waals surface area contributed by atoms with Crippen LogP contribution in [-0.4, -0.2) is 27.4 Å². The van der Waals surface area contributed by atoms with Crippen molar-refractivity contribution >= 4 is 0 Å². The van der Waals surface area contributed by atoms with Crippen molar-refractivity contribution in [1.29, 1.82) is 0 Å². The molecule has 0 saturated carbocycles. The molecule has 2 heterocycles. The van der Waals surface area contributed by atoms with E-state index >= 15 is 0 Å². The maximum Gasteiger partial charge on any atom is 0.203 e. The summed E-state index contributed by atoms with van der Waals surface area (Å²) in [5, 5.41) is 10.5. The van der Waals surface area contributed by atoms with Gasteiger partial charge in [-0.25, -0.2) is 4.98 Å². The summed E-state index contributed by atoms with van der Waals surface area (Å²) < 4.78 is 9.82. The molecule has 2 aromatic heterocycles. The van der Waals surface area contributed by atoms with E-state index in [1.165, 1.54) is 0 Å². The molecule has 0 atom stereocenters. The van der Waals surface area contributed by atoms with Crippen LogP contribution in [0.15, 0.2) is 10.6 Å². The molecule has 74 valence electrons. The van der Waals surface area contributed by atoms with E-state index in [1.54, 1.807) is 13.2 Å². The summed E-state index contributed by atoms with van der Waals surface area (Å²) in [4.78, 5) is 4.17. The molecule has 0 aromatic carbocycles. The van der Waals surface area contributed by atoms with E-state index in [1.807, 2.05) is 6.92 Å². The Hall–Kier alpha value is -1.69. The van der Waals surface area contributed by atoms with Gasteiger partial charge in [0.2, 0.25) is 5.82 Å². The van der Waals surface area contributed by atoms with E-state index in [9.17, 15) is 0 Å². The van der Waals surface area contributed by atoms with Crippen molar-refractivity contribution in [1.82, 2.24) is 20.3 Å². The quantitative estimate of drug-likeness (QED) is 0.785. The number of hydrogen-bond donors (Lipinski definition) is 1. The predicted octanol–water partition coefficient (Wildman–Crippen LogP) is 0.915. The molecule has 0 amide bonds. The Balaban J connectivity index is 2.24. The SMILES string of the molecule is COCc1nc(-c2cc(C)on2)n[nH]1. The van der Waals surface area contributed by atoms with Crippen molar-refractivity contribution in [3.8, 4) is 11.5 Å². The molecule has 0 radical (unpaired) electrons. The number of aromatic amines is 1. The number of aryl methyl sites for hydroxylation is 1. The molecule has 0 aliphatic carbocycles. The molecule has 0 aliphatic rings. The average Bonchev–Trinajstić information content (AvgIpc) is 2.74. The largest absolute Gasteiger partial charge is 0.377 e. The molecule has 0 saturated heterocycles. The summed E-state index contributed by atoms with van der Waals surface area (Å²) in [6.45, 7) is 2.23. The first-order chi connectivity index (χ1) is 6.79. The second-order valence-corrected chi connectivity index (χ2v) is 2.86. The van der Waals surface area contributed by atoms with Crippen molar-refractivity contribution in [3.05, 3.63) is 17.7 Å². The van der Waals surface area contributed by atoms with Gasteiger partial charge in [0.15, 0.2) is 11.5 Å². The van der Waals surface area contributed by atoms with E-state index in [0.717, 1.165) is 5.76 Å². The number of methoxy groups -OCH3 is 1. The third-order valence-electron chi connectivity index (χ3n) is 1.67. The van der Waals surface area contributed by atoms with Crippen molar-refractivity contribution in [2.75, 3.05) is 7.11 Å². The lowest BCUT2D eigenvalue weighted by atomic mass is 10.4. The Bertz CT molecular complexity index is 420. The zero-order valence-electron chi connectivity index (χ0n) is 7.94. The predicted molar refractivity (Wildman–Crippen MR) is 47.3 cm³/mol. The lowest BCUT2D eigenvalue weighted by Gasteiger charge is -1.88. The molecule has 0 spiro atoms. The second kappa shape index (κ2) is 3.59. The molecule has 6 nitrogen and oxygen atoms in total. The maximum absolute atomic E-state index is 4.91. The van der Waals surface area contributed by atoms with Crippen LogP contribution < -0.4 is 0 Å². The first kappa shape index (κ1) is 8.89. The third kappa shape index (κ3) is 1.64. The van der Waals surface area contributed by atoms with Crippen LogP contribution >= 0.6 is 0 Å². The summed E-state index contributed by atoms with van der Waals surface area (Å²) in [6.07, 6.45) is 0. The van der Waals surface area contributed by atoms with Gasteiger partial charge in [0, 0.05) is 13.2 Å². The van der Waals surface area contributed by atoms with E-state index in [-0.39, 0.29) is 0 Å². The van der Waals surface area contributed by atoms with Crippen LogP contribution in [0.25, 0.3) is 11.5 Å². The first-order valence-electron chi connectivity index (χ1n) is 4.13. The molecule has 0 unspecified atom stereocenters. The summed E-state index contributed by atoms with van der Waals surface area (Å²) in [6, 6.07) is 1.78. The standard InChI is InChI=1S/C8H10N4O2/c1-5-3-6(12-14-5)8-9-7(4-13-2)10-11-8/h3H,4H2,1-2H3,(H,9,10,11). The lowest BCUT2D eigenvalue weighted by Crippen LogP contribution is -1.89. The summed E-state index contributed by atoms with van der Waals surface area (Å²) in [5.41, 5.74) is 0.626. The number of aromatic nitrogens is 4. The normalized spacial score (nSPS) is 10.7. The van der Waals surface area contributed by atoms with Crippen molar-refractivity contribution in [2.45, 2.75) is 13.5 Å². The van der Waals surface area contributed by atoms with Gasteiger partial charge in [-0.1, -0.05) is 5.16 Å². The minimum absolute atomic E-state index is 0.407. The maximum atomic E-state index is 4.91. The Morgan fingerprint density at radius 3 is 3.07 bits per heavy atom. The lowest BCUT2D eigenvalue weighted by molar-refractivity contribution is 0.178. The van der Waals surface area contributed by atoms with Crippen LogP contribution in [0.1, 0.15) is 11.6 Å². The Labute approximate surface area is 80.3 Å². The fourth-order valence-corrected chi connectivity index (χ4v) is 1.08. The average molecular weight is 194 g/mol. The van der Waals surface area contributed by atoms with Gasteiger partial charge in [0.05, 0.1) is 0 Å². The topological polar surface area (TPSA) is 76.8 Å². The highest BCUT2D eigenvalue weighted by Crippen LogP contribution is 2.13. The molecule has 14 heavy (non-hydrogen) atoms. The molecule has 0 fully saturated rings. The number of hydrogen-bond acceptors (Lipinski definition) is 5. The minimum Gasteiger partial charge on any atom is -0.377 e. The fourth-order valence-electron chi connectivity index (χ4n) is 1.08. The van der Waals surface area contributed by atoms with Gasteiger partial charge < -0.3 is 9.26 Å². The molecule has 6 heteroatoms. The Kier molecular flexibility index (Phi) is 2.28. The molecular formula is C8H10N4O2. The molecule has 2 aromatic rings. The Morgan fingerprint density at radius 2 is 2.43 bits per heavy atom. The van der Waals surface area contributed by atoms with Gasteiger partial charge in [-0.3, -0.25) is 5.10 Å². The van der Waals surface area contributed by atoms with Crippen molar-refractivity contribution in [2.24, 2.45) is 0 Å². The molecule has 2 rings (SSSR count). The van der Waals surface area contributed by atoms with Crippen LogP contribution in [0.5, 0.6) is 0 Å². The fraction of sp³-hybridized carbons (Fsp3) is 0.375.